The minimum atomic E-state index is -0.704. The maximum absolute atomic E-state index is 12.5. The molecule has 8 nitrogen and oxygen atoms in total. The molecule has 0 spiro atoms. The smallest absolute Gasteiger partial charge is 0.325 e. The second-order valence-corrected chi connectivity index (χ2v) is 7.12. The van der Waals surface area contributed by atoms with Crippen LogP contribution in [0.1, 0.15) is 52.0 Å². The summed E-state index contributed by atoms with van der Waals surface area (Å²) in [4.78, 5) is 36.7. The lowest BCUT2D eigenvalue weighted by Gasteiger charge is -2.13. The van der Waals surface area contributed by atoms with Crippen LogP contribution in [0.4, 0.5) is 0 Å². The Morgan fingerprint density at radius 1 is 1.00 bits per heavy atom. The number of methoxy groups -OCH3 is 2. The van der Waals surface area contributed by atoms with Crippen molar-refractivity contribution in [3.63, 3.8) is 0 Å². The highest BCUT2D eigenvalue weighted by Crippen LogP contribution is 2.22. The minimum Gasteiger partial charge on any atom is -0.497 e. The summed E-state index contributed by atoms with van der Waals surface area (Å²) >= 11 is 0. The van der Waals surface area contributed by atoms with Crippen molar-refractivity contribution in [2.24, 2.45) is 0 Å². The summed E-state index contributed by atoms with van der Waals surface area (Å²) < 4.78 is 17.3. The fourth-order valence-electron chi connectivity index (χ4n) is 3.32. The fraction of sp³-hybridized carbons (Fsp3) is 0.409. The molecule has 1 N–H and O–H groups in total. The third-order valence-corrected chi connectivity index (χ3v) is 4.67. The van der Waals surface area contributed by atoms with Crippen LogP contribution < -0.4 is 14.8 Å². The van der Waals surface area contributed by atoms with E-state index in [0.29, 0.717) is 17.1 Å². The maximum atomic E-state index is 12.5. The standard InChI is InChI=1S/C22H28N2O6/c1-13(2)24-14(3)7-19(15(24)4)20(25)12-30-21(26)11-23-22(27)16-8-17(28-5)10-18(9-16)29-6/h7-10,13H,11-12H2,1-6H3,(H,23,27). The Morgan fingerprint density at radius 3 is 2.10 bits per heavy atom. The molecule has 1 amide bonds. The van der Waals surface area contributed by atoms with Crippen LogP contribution >= 0.6 is 0 Å². The lowest BCUT2D eigenvalue weighted by atomic mass is 10.1. The molecule has 30 heavy (non-hydrogen) atoms. The Balaban J connectivity index is 1.92. The fourth-order valence-corrected chi connectivity index (χ4v) is 3.32. The van der Waals surface area contributed by atoms with E-state index in [-0.39, 0.29) is 30.5 Å². The zero-order valence-corrected chi connectivity index (χ0v) is 18.2. The zero-order chi connectivity index (χ0) is 22.4. The Hall–Kier alpha value is -3.29. The summed E-state index contributed by atoms with van der Waals surface area (Å²) in [5.74, 6) is -0.578. The maximum Gasteiger partial charge on any atom is 0.325 e. The molecule has 1 heterocycles. The number of nitrogens with zero attached hydrogens (tertiary/aromatic N) is 1. The number of benzene rings is 1. The van der Waals surface area contributed by atoms with Gasteiger partial charge in [0.05, 0.1) is 14.2 Å². The number of carbonyl (C=O) groups is 3. The van der Waals surface area contributed by atoms with Gasteiger partial charge in [-0.3, -0.25) is 14.4 Å². The van der Waals surface area contributed by atoms with Crippen LogP contribution in [0.15, 0.2) is 24.3 Å². The van der Waals surface area contributed by atoms with Crippen molar-refractivity contribution >= 4 is 17.7 Å². The molecule has 1 aromatic carbocycles. The van der Waals surface area contributed by atoms with Gasteiger partial charge in [-0.25, -0.2) is 0 Å². The summed E-state index contributed by atoms with van der Waals surface area (Å²) in [5, 5.41) is 2.46. The summed E-state index contributed by atoms with van der Waals surface area (Å²) in [6.45, 7) is 7.12. The number of aromatic nitrogens is 1. The Bertz CT molecular complexity index is 923. The summed E-state index contributed by atoms with van der Waals surface area (Å²) in [6.07, 6.45) is 0. The monoisotopic (exact) mass is 416 g/mol. The van der Waals surface area contributed by atoms with E-state index in [4.69, 9.17) is 14.2 Å². The first-order valence-corrected chi connectivity index (χ1v) is 9.56. The van der Waals surface area contributed by atoms with Crippen LogP contribution in [-0.4, -0.2) is 49.6 Å². The molecule has 0 aliphatic rings. The van der Waals surface area contributed by atoms with E-state index < -0.39 is 11.9 Å². The van der Waals surface area contributed by atoms with E-state index in [1.165, 1.54) is 26.4 Å². The first-order valence-electron chi connectivity index (χ1n) is 9.56. The molecular formula is C22H28N2O6. The molecule has 2 aromatic rings. The van der Waals surface area contributed by atoms with Crippen molar-refractivity contribution in [1.82, 2.24) is 9.88 Å². The molecule has 0 aliphatic heterocycles. The molecule has 8 heteroatoms. The molecule has 0 atom stereocenters. The first-order chi connectivity index (χ1) is 14.2. The highest BCUT2D eigenvalue weighted by Gasteiger charge is 2.19. The van der Waals surface area contributed by atoms with Gasteiger partial charge in [0.15, 0.2) is 6.61 Å². The molecule has 1 aromatic heterocycles. The Kier molecular flexibility index (Phi) is 7.63. The van der Waals surface area contributed by atoms with Gasteiger partial charge < -0.3 is 24.1 Å². The van der Waals surface area contributed by atoms with Crippen LogP contribution in [0.5, 0.6) is 11.5 Å². The topological polar surface area (TPSA) is 95.9 Å². The van der Waals surface area contributed by atoms with Crippen molar-refractivity contribution in [2.75, 3.05) is 27.4 Å². The van der Waals surface area contributed by atoms with Gasteiger partial charge in [-0.15, -0.1) is 0 Å². The zero-order valence-electron chi connectivity index (χ0n) is 18.2. The molecule has 2 rings (SSSR count). The third kappa shape index (κ3) is 5.40. The van der Waals surface area contributed by atoms with Crippen LogP contribution in [-0.2, 0) is 9.53 Å². The van der Waals surface area contributed by atoms with Gasteiger partial charge in [0.2, 0.25) is 5.78 Å². The number of amides is 1. The van der Waals surface area contributed by atoms with Crippen LogP contribution in [0.25, 0.3) is 0 Å². The summed E-state index contributed by atoms with van der Waals surface area (Å²) in [7, 11) is 2.95. The minimum absolute atomic E-state index is 0.222. The quantitative estimate of drug-likeness (QED) is 0.499. The third-order valence-electron chi connectivity index (χ3n) is 4.67. The van der Waals surface area contributed by atoms with Crippen molar-refractivity contribution in [3.8, 4) is 11.5 Å². The highest BCUT2D eigenvalue weighted by molar-refractivity contribution is 6.00. The predicted molar refractivity (Wildman–Crippen MR) is 111 cm³/mol. The van der Waals surface area contributed by atoms with Crippen molar-refractivity contribution in [2.45, 2.75) is 33.7 Å². The summed E-state index contributed by atoms with van der Waals surface area (Å²) in [6, 6.07) is 6.70. The van der Waals surface area contributed by atoms with E-state index >= 15 is 0 Å². The lowest BCUT2D eigenvalue weighted by Crippen LogP contribution is -2.31. The van der Waals surface area contributed by atoms with Crippen LogP contribution in [0.2, 0.25) is 0 Å². The number of aryl methyl sites for hydroxylation is 1. The van der Waals surface area contributed by atoms with E-state index in [2.05, 4.69) is 9.88 Å². The number of carbonyl (C=O) groups excluding carboxylic acids is 3. The van der Waals surface area contributed by atoms with Crippen molar-refractivity contribution in [1.29, 1.82) is 0 Å². The molecule has 0 aliphatic carbocycles. The predicted octanol–water partition coefficient (Wildman–Crippen LogP) is 2.86. The largest absolute Gasteiger partial charge is 0.497 e. The number of ether oxygens (including phenoxy) is 3. The second kappa shape index (κ2) is 9.96. The van der Waals surface area contributed by atoms with E-state index in [9.17, 15) is 14.4 Å². The molecule has 0 bridgehead atoms. The second-order valence-electron chi connectivity index (χ2n) is 7.12. The normalized spacial score (nSPS) is 10.6. The van der Waals surface area contributed by atoms with Gasteiger partial charge in [-0.2, -0.15) is 0 Å². The van der Waals surface area contributed by atoms with Crippen molar-refractivity contribution < 1.29 is 28.6 Å². The molecular weight excluding hydrogens is 388 g/mol. The molecule has 0 fully saturated rings. The Morgan fingerprint density at radius 2 is 1.60 bits per heavy atom. The number of Topliss-reactive ketones (excluding diaryl/α,β-unsaturated/α-hetero) is 1. The number of hydrogen-bond acceptors (Lipinski definition) is 6. The molecule has 162 valence electrons. The van der Waals surface area contributed by atoms with Gasteiger partial charge in [-0.1, -0.05) is 0 Å². The van der Waals surface area contributed by atoms with Crippen LogP contribution in [0.3, 0.4) is 0 Å². The number of hydrogen-bond donors (Lipinski definition) is 1. The van der Waals surface area contributed by atoms with Gasteiger partial charge >= 0.3 is 5.97 Å². The Labute approximate surface area is 176 Å². The van der Waals surface area contributed by atoms with E-state index in [0.717, 1.165) is 11.4 Å². The molecule has 0 radical (unpaired) electrons. The number of nitrogens with one attached hydrogen (secondary N) is 1. The SMILES string of the molecule is COc1cc(OC)cc(C(=O)NCC(=O)OCC(=O)c2cc(C)n(C(C)C)c2C)c1. The average Bonchev–Trinajstić information content (AvgIpc) is 3.03. The molecule has 0 saturated carbocycles. The number of esters is 1. The van der Waals surface area contributed by atoms with Gasteiger partial charge in [-0.05, 0) is 45.9 Å². The number of rotatable bonds is 9. The van der Waals surface area contributed by atoms with E-state index in [1.807, 2.05) is 27.7 Å². The highest BCUT2D eigenvalue weighted by atomic mass is 16.5. The van der Waals surface area contributed by atoms with Crippen LogP contribution in [0, 0.1) is 13.8 Å². The van der Waals surface area contributed by atoms with Gasteiger partial charge in [0.25, 0.3) is 5.91 Å². The summed E-state index contributed by atoms with van der Waals surface area (Å²) in [5.41, 5.74) is 2.61. The lowest BCUT2D eigenvalue weighted by molar-refractivity contribution is -0.141. The van der Waals surface area contributed by atoms with Gasteiger partial charge in [0, 0.05) is 34.6 Å². The first kappa shape index (κ1) is 23.0. The molecule has 0 saturated heterocycles. The van der Waals surface area contributed by atoms with Crippen molar-refractivity contribution in [3.05, 3.63) is 46.8 Å². The number of ketones is 1. The van der Waals surface area contributed by atoms with Gasteiger partial charge in [0.1, 0.15) is 18.0 Å². The molecule has 0 unspecified atom stereocenters. The average molecular weight is 416 g/mol. The van der Waals surface area contributed by atoms with E-state index in [1.54, 1.807) is 12.1 Å².